The van der Waals surface area contributed by atoms with Crippen molar-refractivity contribution in [2.45, 2.75) is 18.9 Å². The Morgan fingerprint density at radius 2 is 2.00 bits per heavy atom. The summed E-state index contributed by atoms with van der Waals surface area (Å²) in [4.78, 5) is 17.6. The van der Waals surface area contributed by atoms with Gasteiger partial charge < -0.3 is 9.80 Å². The van der Waals surface area contributed by atoms with Crippen molar-refractivity contribution in [1.82, 2.24) is 9.80 Å². The maximum absolute atomic E-state index is 10.9. The predicted molar refractivity (Wildman–Crippen MR) is 92.1 cm³/mol. The Balaban J connectivity index is 1.64. The van der Waals surface area contributed by atoms with Gasteiger partial charge in [0.2, 0.25) is 0 Å². The Kier molecular flexibility index (Phi) is 4.97. The lowest BCUT2D eigenvalue weighted by Gasteiger charge is -2.43. The fourth-order valence-corrected chi connectivity index (χ4v) is 3.75. The van der Waals surface area contributed by atoms with E-state index in [-0.39, 0.29) is 11.3 Å². The fraction of sp³-hybridized carbons (Fsp3) is 0.588. The number of likely N-dealkylation sites (tertiary alicyclic amines) is 1. The number of hydrogen-bond donors (Lipinski definition) is 0. The van der Waals surface area contributed by atoms with E-state index >= 15 is 0 Å². The first kappa shape index (κ1) is 16.7. The summed E-state index contributed by atoms with van der Waals surface area (Å²) in [6.45, 7) is 6.10. The molecule has 2 saturated heterocycles. The highest BCUT2D eigenvalue weighted by atomic mass is 16.6. The third kappa shape index (κ3) is 3.50. The number of nitriles is 1. The van der Waals surface area contributed by atoms with Gasteiger partial charge in [-0.05, 0) is 38.6 Å². The minimum Gasteiger partial charge on any atom is -0.369 e. The highest BCUT2D eigenvalue weighted by Crippen LogP contribution is 2.26. The average Bonchev–Trinajstić information content (AvgIpc) is 2.61. The lowest BCUT2D eigenvalue weighted by molar-refractivity contribution is -0.385. The van der Waals surface area contributed by atoms with Gasteiger partial charge in [-0.2, -0.15) is 5.26 Å². The normalized spacial score (nSPS) is 23.0. The van der Waals surface area contributed by atoms with E-state index in [9.17, 15) is 10.1 Å². The molecule has 1 aromatic carbocycles. The zero-order valence-corrected chi connectivity index (χ0v) is 14.0. The smallest absolute Gasteiger partial charge is 0.287 e. The maximum Gasteiger partial charge on any atom is 0.287 e. The third-order valence-corrected chi connectivity index (χ3v) is 5.09. The minimum absolute atomic E-state index is 0.120. The van der Waals surface area contributed by atoms with Gasteiger partial charge in [-0.3, -0.25) is 15.0 Å². The first-order valence-electron chi connectivity index (χ1n) is 8.44. The molecule has 2 fully saturated rings. The van der Waals surface area contributed by atoms with E-state index < -0.39 is 4.92 Å². The van der Waals surface area contributed by atoms with Crippen LogP contribution in [0.25, 0.3) is 0 Å². The van der Waals surface area contributed by atoms with E-state index in [0.717, 1.165) is 38.4 Å². The zero-order valence-electron chi connectivity index (χ0n) is 14.0. The molecule has 0 radical (unpaired) electrons. The molecule has 128 valence electrons. The molecule has 0 spiro atoms. The number of hydrogen-bond acceptors (Lipinski definition) is 6. The van der Waals surface area contributed by atoms with E-state index in [1.54, 1.807) is 12.1 Å². The number of nitrogens with zero attached hydrogens (tertiary/aromatic N) is 5. The summed E-state index contributed by atoms with van der Waals surface area (Å²) in [5.74, 6) is 0. The molecule has 0 unspecified atom stereocenters. The molecule has 3 rings (SSSR count). The molecule has 24 heavy (non-hydrogen) atoms. The molecule has 7 nitrogen and oxygen atoms in total. The minimum atomic E-state index is -0.500. The largest absolute Gasteiger partial charge is 0.369 e. The topological polar surface area (TPSA) is 76.7 Å². The number of piperazine rings is 1. The first-order valence-corrected chi connectivity index (χ1v) is 8.44. The van der Waals surface area contributed by atoms with Gasteiger partial charge in [-0.15, -0.1) is 0 Å². The summed E-state index contributed by atoms with van der Waals surface area (Å²) in [5.41, 5.74) is 0.913. The number of nitro groups is 1. The van der Waals surface area contributed by atoms with Gasteiger partial charge in [-0.1, -0.05) is 0 Å². The van der Waals surface area contributed by atoms with E-state index in [4.69, 9.17) is 5.26 Å². The highest BCUT2D eigenvalue weighted by molar-refractivity contribution is 5.60. The molecular weight excluding hydrogens is 306 g/mol. The lowest BCUT2D eigenvalue weighted by atomic mass is 10.0. The number of rotatable bonds is 3. The summed E-state index contributed by atoms with van der Waals surface area (Å²) in [6, 6.07) is 7.41. The van der Waals surface area contributed by atoms with Crippen LogP contribution in [0.3, 0.4) is 0 Å². The second kappa shape index (κ2) is 7.16. The fourth-order valence-electron chi connectivity index (χ4n) is 3.75. The van der Waals surface area contributed by atoms with Crippen LogP contribution in [0.15, 0.2) is 18.2 Å². The van der Waals surface area contributed by atoms with Gasteiger partial charge in [-0.25, -0.2) is 0 Å². The van der Waals surface area contributed by atoms with Crippen molar-refractivity contribution >= 4 is 11.4 Å². The summed E-state index contributed by atoms with van der Waals surface area (Å²) in [5, 5.41) is 20.1. The second-order valence-corrected chi connectivity index (χ2v) is 6.65. The van der Waals surface area contributed by atoms with Crippen molar-refractivity contribution in [1.29, 1.82) is 5.26 Å². The molecular formula is C17H23N5O2. The Morgan fingerprint density at radius 3 is 2.62 bits per heavy atom. The number of piperidine rings is 1. The van der Waals surface area contributed by atoms with Gasteiger partial charge in [0.1, 0.15) is 11.6 Å². The van der Waals surface area contributed by atoms with Gasteiger partial charge >= 0.3 is 0 Å². The van der Waals surface area contributed by atoms with Crippen LogP contribution < -0.4 is 4.90 Å². The van der Waals surface area contributed by atoms with Crippen LogP contribution >= 0.6 is 0 Å². The zero-order chi connectivity index (χ0) is 17.1. The summed E-state index contributed by atoms with van der Waals surface area (Å²) >= 11 is 0. The lowest BCUT2D eigenvalue weighted by Crippen LogP contribution is -2.54. The van der Waals surface area contributed by atoms with E-state index in [0.29, 0.717) is 6.04 Å². The first-order chi connectivity index (χ1) is 11.6. The summed E-state index contributed by atoms with van der Waals surface area (Å²) < 4.78 is 0. The van der Waals surface area contributed by atoms with Crippen molar-refractivity contribution in [2.75, 3.05) is 51.2 Å². The van der Waals surface area contributed by atoms with E-state index in [1.807, 2.05) is 6.07 Å². The Hall–Kier alpha value is -2.17. The number of likely N-dealkylation sites (N-methyl/N-ethyl adjacent to an activating group) is 1. The SMILES string of the molecule is CN1CCC[C@H](N2CCN(c3ccc([N+](=O)[O-])c(C#N)c3)CC2)C1. The van der Waals surface area contributed by atoms with Crippen LogP contribution in [0, 0.1) is 21.4 Å². The monoisotopic (exact) mass is 329 g/mol. The third-order valence-electron chi connectivity index (χ3n) is 5.09. The van der Waals surface area contributed by atoms with Crippen molar-refractivity contribution in [3.63, 3.8) is 0 Å². The Labute approximate surface area is 142 Å². The van der Waals surface area contributed by atoms with E-state index in [1.165, 1.54) is 25.5 Å². The van der Waals surface area contributed by atoms with Gasteiger partial charge in [0.15, 0.2) is 0 Å². The van der Waals surface area contributed by atoms with Gasteiger partial charge in [0, 0.05) is 50.5 Å². The van der Waals surface area contributed by atoms with Crippen molar-refractivity contribution in [3.8, 4) is 6.07 Å². The Bertz CT molecular complexity index is 649. The quantitative estimate of drug-likeness (QED) is 0.620. The second-order valence-electron chi connectivity index (χ2n) is 6.65. The predicted octanol–water partition coefficient (Wildman–Crippen LogP) is 1.68. The van der Waals surface area contributed by atoms with Gasteiger partial charge in [0.25, 0.3) is 5.69 Å². The number of anilines is 1. The van der Waals surface area contributed by atoms with Crippen LogP contribution in [-0.4, -0.2) is 67.1 Å². The number of benzene rings is 1. The van der Waals surface area contributed by atoms with Crippen molar-refractivity contribution in [3.05, 3.63) is 33.9 Å². The molecule has 0 saturated carbocycles. The molecule has 2 aliphatic heterocycles. The average molecular weight is 329 g/mol. The molecule has 0 aromatic heterocycles. The Morgan fingerprint density at radius 1 is 1.25 bits per heavy atom. The van der Waals surface area contributed by atoms with Gasteiger partial charge in [0.05, 0.1) is 4.92 Å². The van der Waals surface area contributed by atoms with Crippen LogP contribution in [0.5, 0.6) is 0 Å². The molecule has 0 N–H and O–H groups in total. The molecule has 0 bridgehead atoms. The van der Waals surface area contributed by atoms with Crippen LogP contribution in [-0.2, 0) is 0 Å². The summed E-state index contributed by atoms with van der Waals surface area (Å²) in [7, 11) is 2.18. The van der Waals surface area contributed by atoms with E-state index in [2.05, 4.69) is 21.7 Å². The molecule has 7 heteroatoms. The van der Waals surface area contributed by atoms with Crippen LogP contribution in [0.4, 0.5) is 11.4 Å². The molecule has 2 aliphatic rings. The molecule has 1 atom stereocenters. The summed E-state index contributed by atoms with van der Waals surface area (Å²) in [6.07, 6.45) is 2.52. The van der Waals surface area contributed by atoms with Crippen molar-refractivity contribution < 1.29 is 4.92 Å². The highest BCUT2D eigenvalue weighted by Gasteiger charge is 2.27. The van der Waals surface area contributed by atoms with Crippen LogP contribution in [0.1, 0.15) is 18.4 Å². The van der Waals surface area contributed by atoms with Crippen LogP contribution in [0.2, 0.25) is 0 Å². The number of nitro benzene ring substituents is 1. The molecule has 0 amide bonds. The maximum atomic E-state index is 10.9. The van der Waals surface area contributed by atoms with Crippen molar-refractivity contribution in [2.24, 2.45) is 0 Å². The standard InChI is InChI=1S/C17H23N5O2/c1-19-6-2-3-16(13-19)21-9-7-20(8-10-21)15-4-5-17(22(23)24)14(11-15)12-18/h4-5,11,16H,2-3,6-10,13H2,1H3/t16-/m0/s1. The molecule has 2 heterocycles. The molecule has 0 aliphatic carbocycles. The molecule has 1 aromatic rings.